The predicted molar refractivity (Wildman–Crippen MR) is 114 cm³/mol. The van der Waals surface area contributed by atoms with Gasteiger partial charge in [-0.15, -0.1) is 6.58 Å². The Morgan fingerprint density at radius 1 is 1.33 bits per heavy atom. The molecule has 0 aromatic heterocycles. The molecule has 11 nitrogen and oxygen atoms in total. The van der Waals surface area contributed by atoms with Gasteiger partial charge in [-0.3, -0.25) is 14.4 Å². The summed E-state index contributed by atoms with van der Waals surface area (Å²) < 4.78 is 22.7. The fourth-order valence-corrected chi connectivity index (χ4v) is 4.03. The zero-order valence-corrected chi connectivity index (χ0v) is 18.7. The zero-order valence-electron chi connectivity index (χ0n) is 17.0. The van der Waals surface area contributed by atoms with E-state index in [1.807, 2.05) is 0 Å². The molecule has 0 aromatic carbocycles. The van der Waals surface area contributed by atoms with E-state index >= 15 is 0 Å². The lowest BCUT2D eigenvalue weighted by Crippen LogP contribution is -2.52. The van der Waals surface area contributed by atoms with E-state index in [4.69, 9.17) is 5.73 Å². The van der Waals surface area contributed by atoms with E-state index in [9.17, 15) is 27.6 Å². The molecule has 13 heteroatoms. The van der Waals surface area contributed by atoms with Crippen LogP contribution in [0.5, 0.6) is 0 Å². The lowest BCUT2D eigenvalue weighted by atomic mass is 10.1. The third kappa shape index (κ3) is 8.61. The second-order valence-electron chi connectivity index (χ2n) is 6.95. The summed E-state index contributed by atoms with van der Waals surface area (Å²) in [5.41, 5.74) is 5.29. The molecule has 0 saturated carbocycles. The van der Waals surface area contributed by atoms with Gasteiger partial charge in [-0.2, -0.15) is 11.8 Å². The summed E-state index contributed by atoms with van der Waals surface area (Å²) in [6, 6.07) is -3.04. The molecule has 1 saturated heterocycles. The Labute approximate surface area is 180 Å². The number of thioether (sulfide) groups is 1. The van der Waals surface area contributed by atoms with Crippen LogP contribution in [0.15, 0.2) is 12.7 Å². The van der Waals surface area contributed by atoms with Crippen LogP contribution in [0, 0.1) is 0 Å². The summed E-state index contributed by atoms with van der Waals surface area (Å²) in [6.45, 7) is 3.89. The number of nitrogens with zero attached hydrogens (tertiary/aromatic N) is 1. The summed E-state index contributed by atoms with van der Waals surface area (Å²) in [7, 11) is -3.36. The Balaban J connectivity index is 2.88. The molecule has 5 N–H and O–H groups in total. The second kappa shape index (κ2) is 11.8. The molecule has 0 aliphatic carbocycles. The molecule has 0 unspecified atom stereocenters. The predicted octanol–water partition coefficient (Wildman–Crippen LogP) is -1.79. The number of hydrogen-bond acceptors (Lipinski definition) is 7. The summed E-state index contributed by atoms with van der Waals surface area (Å²) in [6.07, 6.45) is 4.25. The maximum absolute atomic E-state index is 12.8. The van der Waals surface area contributed by atoms with Gasteiger partial charge >= 0.3 is 6.03 Å². The molecule has 1 aliphatic heterocycles. The van der Waals surface area contributed by atoms with Crippen molar-refractivity contribution in [2.24, 2.45) is 5.73 Å². The van der Waals surface area contributed by atoms with Crippen molar-refractivity contribution < 1.29 is 27.6 Å². The van der Waals surface area contributed by atoms with Crippen molar-refractivity contribution in [3.63, 3.8) is 0 Å². The van der Waals surface area contributed by atoms with E-state index in [-0.39, 0.29) is 43.3 Å². The molecule has 1 rings (SSSR count). The number of primary amides is 1. The number of urea groups is 1. The fourth-order valence-electron chi connectivity index (χ4n) is 2.96. The van der Waals surface area contributed by atoms with Gasteiger partial charge in [0.25, 0.3) is 0 Å². The molecule has 0 aromatic rings. The zero-order chi connectivity index (χ0) is 22.9. The number of carbonyl (C=O) groups is 4. The van der Waals surface area contributed by atoms with Crippen LogP contribution >= 0.6 is 11.8 Å². The van der Waals surface area contributed by atoms with E-state index in [1.54, 1.807) is 6.26 Å². The molecular formula is C17H29N5O6S2. The monoisotopic (exact) mass is 463 g/mol. The number of rotatable bonds is 11. The van der Waals surface area contributed by atoms with E-state index in [0.717, 1.165) is 6.26 Å². The molecule has 3 atom stereocenters. The van der Waals surface area contributed by atoms with Crippen molar-refractivity contribution in [2.45, 2.75) is 31.0 Å². The Bertz CT molecular complexity index is 773. The number of nitrogens with two attached hydrogens (primary N) is 1. The molecule has 1 heterocycles. The van der Waals surface area contributed by atoms with Crippen LogP contribution in [0.3, 0.4) is 0 Å². The van der Waals surface area contributed by atoms with Crippen LogP contribution in [0.1, 0.15) is 12.8 Å². The van der Waals surface area contributed by atoms with Crippen molar-refractivity contribution in [3.8, 4) is 0 Å². The Morgan fingerprint density at radius 2 is 2.00 bits per heavy atom. The topological polar surface area (TPSA) is 168 Å². The van der Waals surface area contributed by atoms with Crippen molar-refractivity contribution >= 4 is 45.4 Å². The Hall–Kier alpha value is -2.28. The van der Waals surface area contributed by atoms with E-state index in [1.165, 1.54) is 22.7 Å². The smallest absolute Gasteiger partial charge is 0.315 e. The first kappa shape index (κ1) is 25.8. The first-order valence-corrected chi connectivity index (χ1v) is 12.6. The minimum atomic E-state index is -3.36. The summed E-state index contributed by atoms with van der Waals surface area (Å²) >= 11 is 1.29. The van der Waals surface area contributed by atoms with Crippen LogP contribution in [-0.2, 0) is 24.2 Å². The van der Waals surface area contributed by atoms with Crippen LogP contribution in [0.2, 0.25) is 0 Å². The third-order valence-corrected chi connectivity index (χ3v) is 5.88. The maximum atomic E-state index is 12.8. The van der Waals surface area contributed by atoms with Gasteiger partial charge in [-0.05, 0) is 19.1 Å². The molecule has 30 heavy (non-hydrogen) atoms. The van der Waals surface area contributed by atoms with E-state index in [2.05, 4.69) is 22.5 Å². The van der Waals surface area contributed by atoms with Crippen molar-refractivity contribution in [1.82, 2.24) is 20.9 Å². The quantitative estimate of drug-likeness (QED) is 0.262. The highest BCUT2D eigenvalue weighted by molar-refractivity contribution is 7.99. The van der Waals surface area contributed by atoms with E-state index < -0.39 is 45.8 Å². The summed E-state index contributed by atoms with van der Waals surface area (Å²) in [5, 5.41) is 7.70. The van der Waals surface area contributed by atoms with Crippen LogP contribution < -0.4 is 21.7 Å². The van der Waals surface area contributed by atoms with Gasteiger partial charge in [0, 0.05) is 19.3 Å². The van der Waals surface area contributed by atoms with Crippen LogP contribution in [-0.4, -0.2) is 92.3 Å². The largest absolute Gasteiger partial charge is 0.368 e. The average Bonchev–Trinajstić information content (AvgIpc) is 3.06. The van der Waals surface area contributed by atoms with Gasteiger partial charge in [0.1, 0.15) is 21.9 Å². The number of amides is 5. The fraction of sp³-hybridized carbons (Fsp3) is 0.647. The van der Waals surface area contributed by atoms with Gasteiger partial charge in [-0.25, -0.2) is 13.2 Å². The lowest BCUT2D eigenvalue weighted by molar-refractivity contribution is -0.137. The minimum absolute atomic E-state index is 0.129. The molecular weight excluding hydrogens is 434 g/mol. The van der Waals surface area contributed by atoms with E-state index in [0.29, 0.717) is 0 Å². The second-order valence-corrected chi connectivity index (χ2v) is 10.1. The standard InChI is InChI=1S/C17H29N5O6S2/c1-4-6-19-17(26)20-11-8-13(22(9-11)14(23)10-29-2)16(25)21-12(15(18)24)5-7-30(3,27)28/h4,11-13H,1,5-10H2,2-3H3,(H2,18,24)(H,21,25)(H2,19,20,26)/t11-,12-,13-/m0/s1. The maximum Gasteiger partial charge on any atom is 0.315 e. The summed E-state index contributed by atoms with van der Waals surface area (Å²) in [5.74, 6) is -1.96. The van der Waals surface area contributed by atoms with Gasteiger partial charge in [0.05, 0.1) is 17.5 Å². The molecule has 1 fully saturated rings. The minimum Gasteiger partial charge on any atom is -0.368 e. The molecule has 1 aliphatic rings. The molecule has 0 bridgehead atoms. The molecule has 5 amide bonds. The van der Waals surface area contributed by atoms with Gasteiger partial charge in [0.15, 0.2) is 0 Å². The summed E-state index contributed by atoms with van der Waals surface area (Å²) in [4.78, 5) is 50.1. The normalized spacial score (nSPS) is 19.6. The van der Waals surface area contributed by atoms with Crippen molar-refractivity contribution in [2.75, 3.05) is 37.1 Å². The highest BCUT2D eigenvalue weighted by atomic mass is 32.2. The third-order valence-electron chi connectivity index (χ3n) is 4.37. The van der Waals surface area contributed by atoms with Crippen LogP contribution in [0.25, 0.3) is 0 Å². The first-order chi connectivity index (χ1) is 14.0. The molecule has 170 valence electrons. The number of sulfone groups is 1. The first-order valence-electron chi connectivity index (χ1n) is 9.19. The Kier molecular flexibility index (Phi) is 10.1. The van der Waals surface area contributed by atoms with Gasteiger partial charge < -0.3 is 26.6 Å². The molecule has 0 radical (unpaired) electrons. The van der Waals surface area contributed by atoms with Gasteiger partial charge in [-0.1, -0.05) is 6.08 Å². The molecule has 0 spiro atoms. The van der Waals surface area contributed by atoms with Gasteiger partial charge in [0.2, 0.25) is 17.7 Å². The lowest BCUT2D eigenvalue weighted by Gasteiger charge is -2.25. The van der Waals surface area contributed by atoms with Crippen LogP contribution in [0.4, 0.5) is 4.79 Å². The number of hydrogen-bond donors (Lipinski definition) is 4. The number of carbonyl (C=O) groups excluding carboxylic acids is 4. The van der Waals surface area contributed by atoms with Crippen molar-refractivity contribution in [3.05, 3.63) is 12.7 Å². The van der Waals surface area contributed by atoms with Crippen molar-refractivity contribution in [1.29, 1.82) is 0 Å². The SMILES string of the molecule is C=CCNC(=O)N[C@H]1C[C@@H](C(=O)N[C@@H](CCS(C)(=O)=O)C(N)=O)N(C(=O)CSC)C1. The highest BCUT2D eigenvalue weighted by Gasteiger charge is 2.40. The number of likely N-dealkylation sites (tertiary alicyclic amines) is 1. The number of nitrogens with one attached hydrogen (secondary N) is 3. The Morgan fingerprint density at radius 3 is 2.53 bits per heavy atom. The highest BCUT2D eigenvalue weighted by Crippen LogP contribution is 2.20. The average molecular weight is 464 g/mol.